The van der Waals surface area contributed by atoms with E-state index >= 15 is 0 Å². The minimum Gasteiger partial charge on any atom is -0.490 e. The average molecular weight is 268 g/mol. The number of ether oxygens (including phenoxy) is 1. The van der Waals surface area contributed by atoms with Gasteiger partial charge in [-0.25, -0.2) is 0 Å². The van der Waals surface area contributed by atoms with Crippen LogP contribution >= 0.6 is 0 Å². The van der Waals surface area contributed by atoms with E-state index in [9.17, 15) is 14.9 Å². The molecule has 0 aromatic heterocycles. The second kappa shape index (κ2) is 6.58. The van der Waals surface area contributed by atoms with Crippen LogP contribution in [0, 0.1) is 10.1 Å². The minimum absolute atomic E-state index is 0.0202. The molecule has 0 saturated heterocycles. The summed E-state index contributed by atoms with van der Waals surface area (Å²) >= 11 is 0. The van der Waals surface area contributed by atoms with Crippen molar-refractivity contribution < 1.29 is 19.6 Å². The number of hydrogen-bond donors (Lipinski definition) is 1. The molecule has 19 heavy (non-hydrogen) atoms. The molecule has 0 radical (unpaired) electrons. The van der Waals surface area contributed by atoms with Gasteiger partial charge >= 0.3 is 11.7 Å². The SMILES string of the molecule is CCN(CCC(=O)O)c1ccc(OC)c([N+](=O)[O-])c1. The second-order valence-corrected chi connectivity index (χ2v) is 3.84. The Labute approximate surface area is 110 Å². The van der Waals surface area contributed by atoms with Crippen LogP contribution in [0.15, 0.2) is 18.2 Å². The van der Waals surface area contributed by atoms with Crippen LogP contribution in [0.5, 0.6) is 5.75 Å². The normalized spacial score (nSPS) is 10.0. The van der Waals surface area contributed by atoms with Crippen LogP contribution in [0.4, 0.5) is 11.4 Å². The molecule has 1 N–H and O–H groups in total. The lowest BCUT2D eigenvalue weighted by atomic mass is 10.2. The minimum atomic E-state index is -0.901. The molecule has 0 aliphatic carbocycles. The third kappa shape index (κ3) is 3.84. The Morgan fingerprint density at radius 1 is 1.53 bits per heavy atom. The van der Waals surface area contributed by atoms with Gasteiger partial charge in [0.05, 0.1) is 18.5 Å². The maximum Gasteiger partial charge on any atom is 0.312 e. The van der Waals surface area contributed by atoms with E-state index in [0.717, 1.165) is 0 Å². The van der Waals surface area contributed by atoms with Crippen molar-refractivity contribution in [1.82, 2.24) is 0 Å². The maximum absolute atomic E-state index is 10.9. The zero-order chi connectivity index (χ0) is 14.4. The summed E-state index contributed by atoms with van der Waals surface area (Å²) in [6.07, 6.45) is -0.0202. The number of carboxylic acid groups (broad SMARTS) is 1. The van der Waals surface area contributed by atoms with E-state index in [1.165, 1.54) is 19.2 Å². The molecular weight excluding hydrogens is 252 g/mol. The predicted octanol–water partition coefficient (Wildman–Crippen LogP) is 1.90. The van der Waals surface area contributed by atoms with E-state index in [0.29, 0.717) is 18.8 Å². The van der Waals surface area contributed by atoms with Gasteiger partial charge in [-0.05, 0) is 19.1 Å². The van der Waals surface area contributed by atoms with Crippen molar-refractivity contribution in [3.05, 3.63) is 28.3 Å². The molecule has 1 aromatic carbocycles. The highest BCUT2D eigenvalue weighted by Gasteiger charge is 2.17. The number of nitro benzene ring substituents is 1. The largest absolute Gasteiger partial charge is 0.490 e. The Kier molecular flexibility index (Phi) is 5.11. The first-order valence-corrected chi connectivity index (χ1v) is 5.78. The number of nitro groups is 1. The molecule has 7 nitrogen and oxygen atoms in total. The van der Waals surface area contributed by atoms with Crippen LogP contribution in [0.1, 0.15) is 13.3 Å². The molecule has 0 fully saturated rings. The summed E-state index contributed by atoms with van der Waals surface area (Å²) in [6, 6.07) is 4.58. The summed E-state index contributed by atoms with van der Waals surface area (Å²) < 4.78 is 4.92. The molecule has 0 aliphatic heterocycles. The first-order valence-electron chi connectivity index (χ1n) is 5.78. The first kappa shape index (κ1) is 14.7. The number of anilines is 1. The summed E-state index contributed by atoms with van der Waals surface area (Å²) in [7, 11) is 1.37. The molecule has 7 heteroatoms. The van der Waals surface area contributed by atoms with Gasteiger partial charge < -0.3 is 14.7 Å². The quantitative estimate of drug-likeness (QED) is 0.599. The standard InChI is InChI=1S/C12H16N2O5/c1-3-13(7-6-12(15)16)9-4-5-11(19-2)10(8-9)14(17)18/h4-5,8H,3,6-7H2,1-2H3,(H,15,16). The van der Waals surface area contributed by atoms with Crippen LogP contribution in [0.2, 0.25) is 0 Å². The van der Waals surface area contributed by atoms with Gasteiger partial charge in [-0.15, -0.1) is 0 Å². The first-order chi connectivity index (χ1) is 8.99. The molecule has 0 saturated carbocycles. The van der Waals surface area contributed by atoms with Crippen LogP contribution in [0.3, 0.4) is 0 Å². The van der Waals surface area contributed by atoms with Crippen LogP contribution < -0.4 is 9.64 Å². The van der Waals surface area contributed by atoms with Gasteiger partial charge in [-0.1, -0.05) is 0 Å². The summed E-state index contributed by atoms with van der Waals surface area (Å²) in [4.78, 5) is 22.7. The Balaban J connectivity index is 3.01. The van der Waals surface area contributed by atoms with Gasteiger partial charge in [0.1, 0.15) is 0 Å². The number of methoxy groups -OCH3 is 1. The predicted molar refractivity (Wildman–Crippen MR) is 69.8 cm³/mol. The molecule has 1 rings (SSSR count). The number of aliphatic carboxylic acids is 1. The van der Waals surface area contributed by atoms with Gasteiger partial charge in [0.15, 0.2) is 5.75 Å². The number of benzene rings is 1. The number of nitrogens with zero attached hydrogens (tertiary/aromatic N) is 2. The van der Waals surface area contributed by atoms with E-state index in [4.69, 9.17) is 9.84 Å². The fraction of sp³-hybridized carbons (Fsp3) is 0.417. The molecule has 0 aliphatic rings. The lowest BCUT2D eigenvalue weighted by Gasteiger charge is -2.22. The molecule has 0 bridgehead atoms. The summed E-state index contributed by atoms with van der Waals surface area (Å²) in [5.41, 5.74) is 0.477. The van der Waals surface area contributed by atoms with Crippen molar-refractivity contribution >= 4 is 17.3 Å². The number of carboxylic acids is 1. The molecule has 0 unspecified atom stereocenters. The van der Waals surface area contributed by atoms with Crippen LogP contribution in [0.25, 0.3) is 0 Å². The number of rotatable bonds is 7. The van der Waals surface area contributed by atoms with Crippen molar-refractivity contribution in [2.24, 2.45) is 0 Å². The highest BCUT2D eigenvalue weighted by Crippen LogP contribution is 2.31. The van der Waals surface area contributed by atoms with E-state index in [-0.39, 0.29) is 17.9 Å². The molecule has 0 atom stereocenters. The molecule has 0 heterocycles. The average Bonchev–Trinajstić information content (AvgIpc) is 2.38. The molecule has 104 valence electrons. The molecular formula is C12H16N2O5. The van der Waals surface area contributed by atoms with Gasteiger partial charge in [0.25, 0.3) is 0 Å². The smallest absolute Gasteiger partial charge is 0.312 e. The van der Waals surface area contributed by atoms with Crippen LogP contribution in [-0.2, 0) is 4.79 Å². The molecule has 1 aromatic rings. The van der Waals surface area contributed by atoms with Crippen molar-refractivity contribution in [2.45, 2.75) is 13.3 Å². The van der Waals surface area contributed by atoms with E-state index in [1.807, 2.05) is 6.92 Å². The third-order valence-electron chi connectivity index (χ3n) is 2.70. The summed E-state index contributed by atoms with van der Waals surface area (Å²) in [5.74, 6) is -0.718. The van der Waals surface area contributed by atoms with Crippen molar-refractivity contribution in [1.29, 1.82) is 0 Å². The topological polar surface area (TPSA) is 92.9 Å². The zero-order valence-electron chi connectivity index (χ0n) is 10.8. The zero-order valence-corrected chi connectivity index (χ0v) is 10.8. The monoisotopic (exact) mass is 268 g/mol. The lowest BCUT2D eigenvalue weighted by molar-refractivity contribution is -0.385. The highest BCUT2D eigenvalue weighted by atomic mass is 16.6. The van der Waals surface area contributed by atoms with Gasteiger partial charge in [-0.3, -0.25) is 14.9 Å². The van der Waals surface area contributed by atoms with Crippen molar-refractivity contribution in [3.8, 4) is 5.75 Å². The molecule has 0 spiro atoms. The number of hydrogen-bond acceptors (Lipinski definition) is 5. The number of carbonyl (C=O) groups is 1. The van der Waals surface area contributed by atoms with Crippen LogP contribution in [-0.4, -0.2) is 36.2 Å². The summed E-state index contributed by atoms with van der Waals surface area (Å²) in [6.45, 7) is 2.73. The lowest BCUT2D eigenvalue weighted by Crippen LogP contribution is -2.25. The van der Waals surface area contributed by atoms with E-state index in [2.05, 4.69) is 0 Å². The van der Waals surface area contributed by atoms with Crippen molar-refractivity contribution in [2.75, 3.05) is 25.1 Å². The maximum atomic E-state index is 10.9. The Morgan fingerprint density at radius 3 is 2.68 bits per heavy atom. The summed E-state index contributed by atoms with van der Waals surface area (Å²) in [5, 5.41) is 19.6. The Bertz CT molecular complexity index is 475. The van der Waals surface area contributed by atoms with Crippen molar-refractivity contribution in [3.63, 3.8) is 0 Å². The van der Waals surface area contributed by atoms with Gasteiger partial charge in [0.2, 0.25) is 0 Å². The van der Waals surface area contributed by atoms with E-state index in [1.54, 1.807) is 11.0 Å². The Hall–Kier alpha value is -2.31. The third-order valence-corrected chi connectivity index (χ3v) is 2.70. The van der Waals surface area contributed by atoms with Gasteiger partial charge in [0, 0.05) is 24.8 Å². The molecule has 0 amide bonds. The Morgan fingerprint density at radius 2 is 2.21 bits per heavy atom. The fourth-order valence-corrected chi connectivity index (χ4v) is 1.72. The highest BCUT2D eigenvalue weighted by molar-refractivity contribution is 5.68. The van der Waals surface area contributed by atoms with E-state index < -0.39 is 10.9 Å². The fourth-order valence-electron chi connectivity index (χ4n) is 1.72. The second-order valence-electron chi connectivity index (χ2n) is 3.84. The van der Waals surface area contributed by atoms with Gasteiger partial charge in [-0.2, -0.15) is 0 Å².